The van der Waals surface area contributed by atoms with Crippen LogP contribution in [-0.2, 0) is 9.53 Å². The van der Waals surface area contributed by atoms with Crippen LogP contribution in [0, 0.1) is 0 Å². The van der Waals surface area contributed by atoms with E-state index in [1.807, 2.05) is 0 Å². The number of carboxylic acids is 1. The van der Waals surface area contributed by atoms with E-state index in [0.717, 1.165) is 31.6 Å². The number of aliphatic imine (C=N–C) groups is 1. The molecule has 0 fully saturated rings. The van der Waals surface area contributed by atoms with E-state index >= 15 is 0 Å². The molecule has 0 radical (unpaired) electrons. The minimum Gasteiger partial charge on any atom is -0.507 e. The summed E-state index contributed by atoms with van der Waals surface area (Å²) in [4.78, 5) is 39.7. The maximum absolute atomic E-state index is 12.4. The lowest BCUT2D eigenvalue weighted by molar-refractivity contribution is -0.139. The fraction of sp³-hybridized carbons (Fsp3) is 0.545. The molecule has 2 amide bonds. The quantitative estimate of drug-likeness (QED) is 0.309. The molecule has 1 heterocycles. The lowest BCUT2D eigenvalue weighted by Crippen LogP contribution is -2.48. The van der Waals surface area contributed by atoms with E-state index < -0.39 is 24.0 Å². The molecule has 5 N–H and O–H groups in total. The molecule has 0 bridgehead atoms. The summed E-state index contributed by atoms with van der Waals surface area (Å²) >= 11 is 0. The first kappa shape index (κ1) is 25.8. The van der Waals surface area contributed by atoms with Gasteiger partial charge in [0.1, 0.15) is 24.1 Å². The first-order valence-electron chi connectivity index (χ1n) is 11.1. The molecule has 1 aliphatic heterocycles. The number of carbonyl (C=O) groups is 3. The van der Waals surface area contributed by atoms with Gasteiger partial charge in [-0.2, -0.15) is 0 Å². The molecule has 2 rings (SSSR count). The number of phenolic OH excluding ortho intramolecular Hbond substituents is 1. The van der Waals surface area contributed by atoms with Crippen LogP contribution >= 0.6 is 0 Å². The highest BCUT2D eigenvalue weighted by atomic mass is 16.5. The molecular formula is C22H32N4O7. The number of rotatable bonds is 11. The molecule has 0 saturated heterocycles. The summed E-state index contributed by atoms with van der Waals surface area (Å²) in [6, 6.07) is 2.84. The maximum Gasteiger partial charge on any atom is 0.407 e. The number of nitrogens with zero attached hydrogens (tertiary/aromatic N) is 1. The van der Waals surface area contributed by atoms with Gasteiger partial charge in [0.2, 0.25) is 0 Å². The fourth-order valence-corrected chi connectivity index (χ4v) is 3.04. The van der Waals surface area contributed by atoms with E-state index in [0.29, 0.717) is 25.3 Å². The molecule has 11 nitrogen and oxygen atoms in total. The Kier molecular flexibility index (Phi) is 10.8. The van der Waals surface area contributed by atoms with Crippen molar-refractivity contribution in [1.29, 1.82) is 0 Å². The van der Waals surface area contributed by atoms with E-state index in [2.05, 4.69) is 20.9 Å². The predicted octanol–water partition coefficient (Wildman–Crippen LogP) is 1.65. The Morgan fingerprint density at radius 3 is 2.73 bits per heavy atom. The number of nitrogens with one attached hydrogen (secondary N) is 3. The monoisotopic (exact) mass is 464 g/mol. The van der Waals surface area contributed by atoms with Gasteiger partial charge in [-0.15, -0.1) is 0 Å². The highest BCUT2D eigenvalue weighted by molar-refractivity contribution is 5.97. The number of aromatic hydroxyl groups is 1. The molecule has 1 aliphatic rings. The van der Waals surface area contributed by atoms with E-state index in [1.165, 1.54) is 24.6 Å². The first-order valence-corrected chi connectivity index (χ1v) is 11.1. The van der Waals surface area contributed by atoms with Gasteiger partial charge in [0.15, 0.2) is 0 Å². The number of aliphatic carboxylic acids is 1. The van der Waals surface area contributed by atoms with Crippen molar-refractivity contribution in [3.05, 3.63) is 23.8 Å². The number of hydrogen-bond donors (Lipinski definition) is 5. The number of carboxylic acid groups (broad SMARTS) is 1. The van der Waals surface area contributed by atoms with Crippen molar-refractivity contribution >= 4 is 23.8 Å². The fourth-order valence-electron chi connectivity index (χ4n) is 3.04. The number of alkyl carbamates (subject to hydrolysis) is 1. The molecule has 1 aromatic carbocycles. The average Bonchev–Trinajstić information content (AvgIpc) is 3.06. The van der Waals surface area contributed by atoms with Crippen molar-refractivity contribution in [2.75, 3.05) is 32.8 Å². The van der Waals surface area contributed by atoms with Crippen LogP contribution in [-0.4, -0.2) is 72.9 Å². The van der Waals surface area contributed by atoms with Gasteiger partial charge < -0.3 is 35.6 Å². The normalized spacial score (nSPS) is 14.3. The number of benzene rings is 1. The largest absolute Gasteiger partial charge is 0.507 e. The van der Waals surface area contributed by atoms with Crippen LogP contribution in [0.25, 0.3) is 0 Å². The van der Waals surface area contributed by atoms with Gasteiger partial charge in [0.25, 0.3) is 5.91 Å². The number of amidine groups is 1. The van der Waals surface area contributed by atoms with Crippen molar-refractivity contribution in [3.63, 3.8) is 0 Å². The van der Waals surface area contributed by atoms with Crippen LogP contribution in [0.15, 0.2) is 23.2 Å². The van der Waals surface area contributed by atoms with Crippen LogP contribution in [0.3, 0.4) is 0 Å². The molecular weight excluding hydrogens is 432 g/mol. The zero-order valence-corrected chi connectivity index (χ0v) is 18.8. The molecule has 1 aromatic rings. The smallest absolute Gasteiger partial charge is 0.407 e. The zero-order chi connectivity index (χ0) is 24.1. The van der Waals surface area contributed by atoms with Crippen molar-refractivity contribution in [2.45, 2.75) is 45.1 Å². The first-order chi connectivity index (χ1) is 15.9. The van der Waals surface area contributed by atoms with Crippen molar-refractivity contribution in [3.8, 4) is 11.5 Å². The van der Waals surface area contributed by atoms with Gasteiger partial charge in [-0.25, -0.2) is 9.59 Å². The summed E-state index contributed by atoms with van der Waals surface area (Å²) in [5.74, 6) is -0.966. The second-order valence-electron chi connectivity index (χ2n) is 7.47. The molecule has 1 atom stereocenters. The molecule has 0 aliphatic carbocycles. The summed E-state index contributed by atoms with van der Waals surface area (Å²) in [5.41, 5.74) is -0.0500. The third-order valence-electron chi connectivity index (χ3n) is 4.78. The van der Waals surface area contributed by atoms with Gasteiger partial charge in [0, 0.05) is 25.6 Å². The summed E-state index contributed by atoms with van der Waals surface area (Å²) in [7, 11) is 0. The predicted molar refractivity (Wildman–Crippen MR) is 121 cm³/mol. The highest BCUT2D eigenvalue weighted by Gasteiger charge is 2.22. The van der Waals surface area contributed by atoms with E-state index in [4.69, 9.17) is 9.47 Å². The van der Waals surface area contributed by atoms with Crippen molar-refractivity contribution in [1.82, 2.24) is 16.0 Å². The molecule has 0 unspecified atom stereocenters. The lowest BCUT2D eigenvalue weighted by atomic mass is 10.1. The zero-order valence-electron chi connectivity index (χ0n) is 18.8. The SMILES string of the molecule is CCCOC(=O)N[C@@H](CNC(=O)c1ccc(OCCNC2=NCCCCC2)cc1O)C(=O)O. The second-order valence-corrected chi connectivity index (χ2v) is 7.47. The molecule has 11 heteroatoms. The van der Waals surface area contributed by atoms with E-state index in [9.17, 15) is 24.6 Å². The minimum absolute atomic E-state index is 0.0500. The van der Waals surface area contributed by atoms with Crippen molar-refractivity contribution < 1.29 is 34.1 Å². The third kappa shape index (κ3) is 9.26. The Morgan fingerprint density at radius 2 is 2.00 bits per heavy atom. The second kappa shape index (κ2) is 13.8. The van der Waals surface area contributed by atoms with Crippen LogP contribution in [0.5, 0.6) is 11.5 Å². The third-order valence-corrected chi connectivity index (χ3v) is 4.78. The van der Waals surface area contributed by atoms with E-state index in [-0.39, 0.29) is 24.5 Å². The Labute approximate surface area is 192 Å². The van der Waals surface area contributed by atoms with Gasteiger partial charge in [-0.3, -0.25) is 9.79 Å². The summed E-state index contributed by atoms with van der Waals surface area (Å²) in [6.45, 7) is 3.32. The Hall–Kier alpha value is -3.50. The Bertz CT molecular complexity index is 844. The average molecular weight is 465 g/mol. The summed E-state index contributed by atoms with van der Waals surface area (Å²) in [5, 5.41) is 27.2. The van der Waals surface area contributed by atoms with Crippen LogP contribution in [0.4, 0.5) is 4.79 Å². The van der Waals surface area contributed by atoms with E-state index in [1.54, 1.807) is 6.92 Å². The maximum atomic E-state index is 12.4. The summed E-state index contributed by atoms with van der Waals surface area (Å²) in [6.07, 6.45) is 4.05. The molecule has 0 saturated carbocycles. The summed E-state index contributed by atoms with van der Waals surface area (Å²) < 4.78 is 10.4. The lowest BCUT2D eigenvalue weighted by Gasteiger charge is -2.16. The van der Waals surface area contributed by atoms with Gasteiger partial charge in [-0.05, 0) is 31.4 Å². The number of amides is 2. The molecule has 33 heavy (non-hydrogen) atoms. The Balaban J connectivity index is 1.81. The standard InChI is InChI=1S/C22H32N4O7/c1-2-11-33-22(31)26-17(21(29)30)14-25-20(28)16-8-7-15(13-18(16)27)32-12-10-24-19-6-4-3-5-9-23-19/h7-8,13,17,27H,2-6,9-12,14H2,1H3,(H,23,24)(H,25,28)(H,26,31)(H,29,30)/t17-/m0/s1. The molecule has 0 spiro atoms. The number of ether oxygens (including phenoxy) is 2. The topological polar surface area (TPSA) is 159 Å². The van der Waals surface area contributed by atoms with Crippen LogP contribution in [0.2, 0.25) is 0 Å². The molecule has 182 valence electrons. The Morgan fingerprint density at radius 1 is 1.18 bits per heavy atom. The number of hydrogen-bond acceptors (Lipinski definition) is 8. The van der Waals surface area contributed by atoms with Crippen LogP contribution < -0.4 is 20.7 Å². The highest BCUT2D eigenvalue weighted by Crippen LogP contribution is 2.23. The number of carbonyl (C=O) groups excluding carboxylic acids is 2. The number of phenols is 1. The van der Waals surface area contributed by atoms with Gasteiger partial charge >= 0.3 is 12.1 Å². The van der Waals surface area contributed by atoms with Crippen molar-refractivity contribution in [2.24, 2.45) is 4.99 Å². The molecule has 0 aromatic heterocycles. The minimum atomic E-state index is -1.38. The van der Waals surface area contributed by atoms with Gasteiger partial charge in [-0.1, -0.05) is 13.3 Å². The van der Waals surface area contributed by atoms with Crippen LogP contribution in [0.1, 0.15) is 49.4 Å². The van der Waals surface area contributed by atoms with Gasteiger partial charge in [0.05, 0.1) is 24.6 Å².